The molecule has 1 nitrogen and oxygen atoms in total. The molecule has 0 radical (unpaired) electrons. The van der Waals surface area contributed by atoms with E-state index >= 15 is 0 Å². The lowest BCUT2D eigenvalue weighted by Crippen LogP contribution is -2.19. The molecule has 0 amide bonds. The summed E-state index contributed by atoms with van der Waals surface area (Å²) in [6.45, 7) is 3.59. The lowest BCUT2D eigenvalue weighted by Gasteiger charge is -2.06. The molecule has 8 heavy (non-hydrogen) atoms. The predicted octanol–water partition coefficient (Wildman–Crippen LogP) is 1.44. The average Bonchev–Trinajstić information content (AvgIpc) is 2.19. The molecule has 0 bridgehead atoms. The van der Waals surface area contributed by atoms with Gasteiger partial charge in [-0.3, -0.25) is 0 Å². The summed E-state index contributed by atoms with van der Waals surface area (Å²) in [5.41, 5.74) is 0. The Balaban J connectivity index is 2.19. The molecule has 1 aliphatic carbocycles. The van der Waals surface area contributed by atoms with Gasteiger partial charge in [0.15, 0.2) is 0 Å². The second-order valence-electron chi connectivity index (χ2n) is 2.01. The van der Waals surface area contributed by atoms with Gasteiger partial charge in [-0.25, -0.2) is 0 Å². The third-order valence-corrected chi connectivity index (χ3v) is 1.36. The molecular weight excluding hydrogens is 98.1 g/mol. The highest BCUT2D eigenvalue weighted by atomic mass is 14.9. The summed E-state index contributed by atoms with van der Waals surface area (Å²) >= 11 is 0. The van der Waals surface area contributed by atoms with E-state index in [0.717, 1.165) is 12.8 Å². The van der Waals surface area contributed by atoms with Crippen LogP contribution in [0.3, 0.4) is 0 Å². The van der Waals surface area contributed by atoms with Gasteiger partial charge in [0.2, 0.25) is 0 Å². The summed E-state index contributed by atoms with van der Waals surface area (Å²) in [7, 11) is 0. The Hall–Kier alpha value is -0.720. The Morgan fingerprint density at radius 2 is 2.12 bits per heavy atom. The molecule has 0 aromatic heterocycles. The maximum atomic E-state index is 3.59. The van der Waals surface area contributed by atoms with Crippen molar-refractivity contribution < 1.29 is 0 Å². The van der Waals surface area contributed by atoms with E-state index < -0.39 is 0 Å². The lowest BCUT2D eigenvalue weighted by atomic mass is 10.2. The molecule has 0 heterocycles. The zero-order valence-corrected chi connectivity index (χ0v) is 4.93. The maximum Gasteiger partial charge on any atom is 0.0324 e. The Kier molecular flexibility index (Phi) is 1.73. The molecule has 1 heteroatoms. The van der Waals surface area contributed by atoms with Crippen molar-refractivity contribution in [2.24, 2.45) is 0 Å². The number of hydrogen-bond acceptors (Lipinski definition) is 1. The molecule has 0 aliphatic heterocycles. The van der Waals surface area contributed by atoms with Gasteiger partial charge in [0.05, 0.1) is 0 Å². The van der Waals surface area contributed by atoms with Crippen molar-refractivity contribution in [3.63, 3.8) is 0 Å². The smallest absolute Gasteiger partial charge is 0.0324 e. The quantitative estimate of drug-likeness (QED) is 0.529. The van der Waals surface area contributed by atoms with Gasteiger partial charge in [-0.05, 0) is 19.0 Å². The Labute approximate surface area is 50.1 Å². The summed E-state index contributed by atoms with van der Waals surface area (Å²) in [6.07, 6.45) is 8.47. The van der Waals surface area contributed by atoms with E-state index in [4.69, 9.17) is 0 Å². The van der Waals surface area contributed by atoms with Gasteiger partial charge >= 0.3 is 0 Å². The molecule has 44 valence electrons. The van der Waals surface area contributed by atoms with E-state index in [1.807, 2.05) is 0 Å². The molecule has 0 unspecified atom stereocenters. The van der Waals surface area contributed by atoms with E-state index in [1.54, 1.807) is 6.20 Å². The number of hydrogen-bond donors (Lipinski definition) is 1. The van der Waals surface area contributed by atoms with E-state index in [9.17, 15) is 0 Å². The Bertz CT molecular complexity index is 97.0. The topological polar surface area (TPSA) is 12.0 Å². The first-order valence-electron chi connectivity index (χ1n) is 2.95. The van der Waals surface area contributed by atoms with Crippen LogP contribution in [0.2, 0.25) is 0 Å². The van der Waals surface area contributed by atoms with Crippen LogP contribution in [0.4, 0.5) is 0 Å². The highest BCUT2D eigenvalue weighted by Gasteiger charge is 2.05. The molecule has 1 N–H and O–H groups in total. The highest BCUT2D eigenvalue weighted by Crippen LogP contribution is 2.07. The van der Waals surface area contributed by atoms with Gasteiger partial charge in [0.1, 0.15) is 0 Å². The predicted molar refractivity (Wildman–Crippen MR) is 35.5 cm³/mol. The fourth-order valence-electron chi connectivity index (χ4n) is 0.920. The molecule has 1 aliphatic rings. The Morgan fingerprint density at radius 3 is 2.62 bits per heavy atom. The SMILES string of the molecule is C=CNC1CC=CC1. The zero-order chi connectivity index (χ0) is 5.82. The maximum absolute atomic E-state index is 3.59. The molecule has 0 fully saturated rings. The normalized spacial score (nSPS) is 19.0. The van der Waals surface area contributed by atoms with Crippen molar-refractivity contribution in [1.29, 1.82) is 0 Å². The summed E-state index contributed by atoms with van der Waals surface area (Å²) in [4.78, 5) is 0. The highest BCUT2D eigenvalue weighted by molar-refractivity contribution is 4.98. The molecule has 0 saturated carbocycles. The van der Waals surface area contributed by atoms with E-state index in [2.05, 4.69) is 24.0 Å². The fourth-order valence-corrected chi connectivity index (χ4v) is 0.920. The van der Waals surface area contributed by atoms with Crippen LogP contribution >= 0.6 is 0 Å². The van der Waals surface area contributed by atoms with Crippen LogP contribution < -0.4 is 5.32 Å². The van der Waals surface area contributed by atoms with Crippen molar-refractivity contribution in [3.8, 4) is 0 Å². The van der Waals surface area contributed by atoms with Gasteiger partial charge < -0.3 is 5.32 Å². The second kappa shape index (κ2) is 2.55. The lowest BCUT2D eigenvalue weighted by molar-refractivity contribution is 0.629. The third kappa shape index (κ3) is 1.12. The van der Waals surface area contributed by atoms with Crippen LogP contribution in [0.25, 0.3) is 0 Å². The first kappa shape index (κ1) is 5.42. The van der Waals surface area contributed by atoms with Crippen LogP contribution in [0.15, 0.2) is 24.9 Å². The molecule has 1 rings (SSSR count). The minimum absolute atomic E-state index is 0.632. The fraction of sp³-hybridized carbons (Fsp3) is 0.429. The average molecular weight is 109 g/mol. The van der Waals surface area contributed by atoms with Gasteiger partial charge in [-0.15, -0.1) is 0 Å². The van der Waals surface area contributed by atoms with E-state index in [1.165, 1.54) is 0 Å². The van der Waals surface area contributed by atoms with Crippen molar-refractivity contribution in [3.05, 3.63) is 24.9 Å². The minimum atomic E-state index is 0.632. The standard InChI is InChI=1S/C7H11N/c1-2-8-7-5-3-4-6-7/h2-4,7-8H,1,5-6H2. The van der Waals surface area contributed by atoms with Crippen LogP contribution in [-0.2, 0) is 0 Å². The number of nitrogens with one attached hydrogen (secondary N) is 1. The first-order chi connectivity index (χ1) is 3.93. The molecule has 0 aromatic carbocycles. The van der Waals surface area contributed by atoms with Crippen LogP contribution in [0, 0.1) is 0 Å². The molecule has 0 aromatic rings. The Morgan fingerprint density at radius 1 is 1.50 bits per heavy atom. The zero-order valence-electron chi connectivity index (χ0n) is 4.93. The van der Waals surface area contributed by atoms with Crippen LogP contribution in [-0.4, -0.2) is 6.04 Å². The summed E-state index contributed by atoms with van der Waals surface area (Å²) in [6, 6.07) is 0.632. The molecule has 0 spiro atoms. The summed E-state index contributed by atoms with van der Waals surface area (Å²) in [5.74, 6) is 0. The third-order valence-electron chi connectivity index (χ3n) is 1.36. The van der Waals surface area contributed by atoms with Crippen LogP contribution in [0.1, 0.15) is 12.8 Å². The first-order valence-corrected chi connectivity index (χ1v) is 2.95. The summed E-state index contributed by atoms with van der Waals surface area (Å²) < 4.78 is 0. The summed E-state index contributed by atoms with van der Waals surface area (Å²) in [5, 5.41) is 3.15. The van der Waals surface area contributed by atoms with E-state index in [0.29, 0.717) is 6.04 Å². The van der Waals surface area contributed by atoms with Gasteiger partial charge in [0, 0.05) is 6.04 Å². The van der Waals surface area contributed by atoms with Gasteiger partial charge in [0.25, 0.3) is 0 Å². The minimum Gasteiger partial charge on any atom is -0.388 e. The largest absolute Gasteiger partial charge is 0.388 e. The van der Waals surface area contributed by atoms with Gasteiger partial charge in [-0.1, -0.05) is 18.7 Å². The van der Waals surface area contributed by atoms with Crippen molar-refractivity contribution >= 4 is 0 Å². The molecule has 0 atom stereocenters. The van der Waals surface area contributed by atoms with Crippen LogP contribution in [0.5, 0.6) is 0 Å². The van der Waals surface area contributed by atoms with Gasteiger partial charge in [-0.2, -0.15) is 0 Å². The number of rotatable bonds is 2. The van der Waals surface area contributed by atoms with E-state index in [-0.39, 0.29) is 0 Å². The van der Waals surface area contributed by atoms with Crippen molar-refractivity contribution in [1.82, 2.24) is 5.32 Å². The van der Waals surface area contributed by atoms with Crippen molar-refractivity contribution in [2.75, 3.05) is 0 Å². The molecular formula is C7H11N. The molecule has 0 saturated heterocycles. The van der Waals surface area contributed by atoms with Crippen molar-refractivity contribution in [2.45, 2.75) is 18.9 Å². The monoisotopic (exact) mass is 109 g/mol. The second-order valence-corrected chi connectivity index (χ2v) is 2.01.